The Morgan fingerprint density at radius 2 is 1.82 bits per heavy atom. The highest BCUT2D eigenvalue weighted by Crippen LogP contribution is 2.48. The maximum atomic E-state index is 15.9. The van der Waals surface area contributed by atoms with Gasteiger partial charge in [-0.15, -0.1) is 5.10 Å². The summed E-state index contributed by atoms with van der Waals surface area (Å²) in [6, 6.07) is 4.76. The summed E-state index contributed by atoms with van der Waals surface area (Å²) in [7, 11) is 0. The van der Waals surface area contributed by atoms with Crippen molar-refractivity contribution in [3.8, 4) is 17.1 Å². The van der Waals surface area contributed by atoms with Gasteiger partial charge in [0, 0.05) is 19.6 Å². The smallest absolute Gasteiger partial charge is 0.416 e. The molecular formula is C37H33ClF5N9O5. The summed E-state index contributed by atoms with van der Waals surface area (Å²) in [5.41, 5.74) is -2.99. The number of benzene rings is 2. The number of rotatable bonds is 7. The number of aryl methyl sites for hydroxylation is 1. The first-order valence-corrected chi connectivity index (χ1v) is 18.3. The molecule has 0 bridgehead atoms. The topological polar surface area (TPSA) is 160 Å². The molecular weight excluding hydrogens is 781 g/mol. The molecule has 2 amide bonds. The second kappa shape index (κ2) is 14.1. The first-order chi connectivity index (χ1) is 27.1. The van der Waals surface area contributed by atoms with Crippen LogP contribution in [0.2, 0.25) is 5.02 Å². The zero-order valence-corrected chi connectivity index (χ0v) is 31.1. The fourth-order valence-corrected chi connectivity index (χ4v) is 7.87. The second-order valence-electron chi connectivity index (χ2n) is 14.3. The molecule has 1 spiro atoms. The molecule has 8 rings (SSSR count). The van der Waals surface area contributed by atoms with Crippen LogP contribution in [0.25, 0.3) is 17.2 Å². The molecule has 2 N–H and O–H groups in total. The van der Waals surface area contributed by atoms with Crippen molar-refractivity contribution < 1.29 is 41.4 Å². The largest absolute Gasteiger partial charge is 0.504 e. The molecule has 14 nitrogen and oxygen atoms in total. The van der Waals surface area contributed by atoms with E-state index in [9.17, 15) is 37.1 Å². The van der Waals surface area contributed by atoms with Crippen molar-refractivity contribution in [1.29, 1.82) is 0 Å². The number of likely N-dealkylation sites (tertiary alicyclic amines) is 2. The van der Waals surface area contributed by atoms with Gasteiger partial charge in [-0.2, -0.15) is 22.7 Å². The molecule has 3 aromatic heterocycles. The molecule has 3 aliphatic heterocycles. The molecule has 5 aromatic rings. The first-order valence-electron chi connectivity index (χ1n) is 17.9. The predicted molar refractivity (Wildman–Crippen MR) is 192 cm³/mol. The van der Waals surface area contributed by atoms with Crippen LogP contribution in [-0.2, 0) is 34.4 Å². The monoisotopic (exact) mass is 813 g/mol. The van der Waals surface area contributed by atoms with Crippen molar-refractivity contribution >= 4 is 34.9 Å². The van der Waals surface area contributed by atoms with Crippen LogP contribution in [-0.4, -0.2) is 82.0 Å². The summed E-state index contributed by atoms with van der Waals surface area (Å²) in [5, 5.41) is 17.0. The number of fused-ring (bicyclic) bond motifs is 3. The molecule has 3 aliphatic rings. The second-order valence-corrected chi connectivity index (χ2v) is 14.7. The van der Waals surface area contributed by atoms with Gasteiger partial charge in [-0.3, -0.25) is 19.3 Å². The lowest BCUT2D eigenvalue weighted by Gasteiger charge is -2.39. The van der Waals surface area contributed by atoms with E-state index in [1.807, 2.05) is 0 Å². The van der Waals surface area contributed by atoms with Crippen LogP contribution in [0.5, 0.6) is 5.75 Å². The summed E-state index contributed by atoms with van der Waals surface area (Å²) < 4.78 is 79.1. The summed E-state index contributed by atoms with van der Waals surface area (Å²) in [6.45, 7) is 4.79. The molecule has 2 fully saturated rings. The third kappa shape index (κ3) is 6.66. The van der Waals surface area contributed by atoms with E-state index in [1.54, 1.807) is 13.0 Å². The number of nitrogens with one attached hydrogen (secondary N) is 1. The van der Waals surface area contributed by atoms with E-state index >= 15 is 4.39 Å². The van der Waals surface area contributed by atoms with Gasteiger partial charge < -0.3 is 24.6 Å². The van der Waals surface area contributed by atoms with Gasteiger partial charge >= 0.3 is 6.18 Å². The van der Waals surface area contributed by atoms with Crippen molar-refractivity contribution in [3.63, 3.8) is 0 Å². The molecule has 57 heavy (non-hydrogen) atoms. The minimum absolute atomic E-state index is 0.0642. The lowest BCUT2D eigenvalue weighted by atomic mass is 9.85. The fraction of sp³-hybridized carbons (Fsp3) is 0.378. The first kappa shape index (κ1) is 38.3. The summed E-state index contributed by atoms with van der Waals surface area (Å²) >= 11 is 6.47. The number of amides is 2. The summed E-state index contributed by atoms with van der Waals surface area (Å²) in [5.74, 6) is -4.39. The maximum absolute atomic E-state index is 15.9. The molecule has 20 heteroatoms. The minimum Gasteiger partial charge on any atom is -0.504 e. The number of carbonyl (C=O) groups excluding carboxylic acids is 2. The SMILES string of the molecule is Cc1ncnc(C(=O)N2CCC3(CC2)OC(C)c2c3c(=O)n3nc(-c4ccc(CN5CCC5)c(Cl)c4F)nc3n2CC(=O)Nc2ccc(C(F)(F)F)cc2F)c1O. The van der Waals surface area contributed by atoms with E-state index in [0.717, 1.165) is 36.4 Å². The number of piperidine rings is 1. The van der Waals surface area contributed by atoms with Gasteiger partial charge in [0.15, 0.2) is 23.1 Å². The number of anilines is 1. The number of alkyl halides is 3. The van der Waals surface area contributed by atoms with E-state index < -0.39 is 64.7 Å². The molecule has 2 aromatic carbocycles. The Kier molecular flexibility index (Phi) is 9.51. The Morgan fingerprint density at radius 1 is 1.09 bits per heavy atom. The minimum atomic E-state index is -4.82. The van der Waals surface area contributed by atoms with Gasteiger partial charge in [0.25, 0.3) is 11.5 Å². The Labute approximate surface area is 324 Å². The van der Waals surface area contributed by atoms with Gasteiger partial charge in [0.2, 0.25) is 11.7 Å². The Balaban J connectivity index is 1.19. The van der Waals surface area contributed by atoms with E-state index in [4.69, 9.17) is 16.3 Å². The van der Waals surface area contributed by atoms with Crippen molar-refractivity contribution in [2.45, 2.75) is 64.1 Å². The maximum Gasteiger partial charge on any atom is 0.416 e. The predicted octanol–water partition coefficient (Wildman–Crippen LogP) is 5.38. The number of nitrogens with zero attached hydrogens (tertiary/aromatic N) is 8. The number of aromatic hydroxyl groups is 1. The molecule has 1 atom stereocenters. The van der Waals surface area contributed by atoms with E-state index in [2.05, 4.69) is 30.3 Å². The molecule has 0 radical (unpaired) electrons. The number of aromatic nitrogens is 6. The molecule has 6 heterocycles. The number of carbonyl (C=O) groups is 2. The zero-order chi connectivity index (χ0) is 40.6. The molecule has 0 saturated carbocycles. The Hall–Kier alpha value is -5.53. The van der Waals surface area contributed by atoms with Crippen molar-refractivity contribution in [2.75, 3.05) is 31.5 Å². The zero-order valence-electron chi connectivity index (χ0n) is 30.3. The van der Waals surface area contributed by atoms with Crippen molar-refractivity contribution in [2.24, 2.45) is 0 Å². The van der Waals surface area contributed by atoms with E-state index in [0.29, 0.717) is 18.2 Å². The van der Waals surface area contributed by atoms with Gasteiger partial charge in [0.05, 0.1) is 44.9 Å². The lowest BCUT2D eigenvalue weighted by molar-refractivity contribution is -0.137. The highest BCUT2D eigenvalue weighted by atomic mass is 35.5. The highest BCUT2D eigenvalue weighted by molar-refractivity contribution is 6.31. The number of hydrogen-bond acceptors (Lipinski definition) is 10. The summed E-state index contributed by atoms with van der Waals surface area (Å²) in [4.78, 5) is 57.4. The van der Waals surface area contributed by atoms with E-state index in [1.165, 1.54) is 22.5 Å². The quantitative estimate of drug-likeness (QED) is 0.204. The van der Waals surface area contributed by atoms with Crippen molar-refractivity contribution in [1.82, 2.24) is 38.9 Å². The number of hydrogen-bond donors (Lipinski definition) is 2. The number of halogens is 6. The van der Waals surface area contributed by atoms with Crippen LogP contribution in [0.4, 0.5) is 27.6 Å². The van der Waals surface area contributed by atoms with Crippen molar-refractivity contribution in [3.05, 3.63) is 97.4 Å². The van der Waals surface area contributed by atoms with Crippen LogP contribution < -0.4 is 10.9 Å². The van der Waals surface area contributed by atoms with E-state index in [-0.39, 0.29) is 82.6 Å². The Morgan fingerprint density at radius 3 is 2.49 bits per heavy atom. The molecule has 0 aliphatic carbocycles. The normalized spacial score (nSPS) is 17.9. The average molecular weight is 814 g/mol. The molecule has 298 valence electrons. The third-order valence-corrected chi connectivity index (χ3v) is 11.1. The van der Waals surface area contributed by atoms with Crippen LogP contribution in [0, 0.1) is 18.6 Å². The summed E-state index contributed by atoms with van der Waals surface area (Å²) in [6.07, 6.45) is -3.31. The lowest BCUT2D eigenvalue weighted by Crippen LogP contribution is -2.47. The van der Waals surface area contributed by atoms with Gasteiger partial charge in [-0.05, 0) is 76.0 Å². The van der Waals surface area contributed by atoms with Crippen LogP contribution in [0.15, 0.2) is 41.5 Å². The van der Waals surface area contributed by atoms with Crippen LogP contribution >= 0.6 is 11.6 Å². The average Bonchev–Trinajstić information content (AvgIpc) is 3.71. The third-order valence-electron chi connectivity index (χ3n) is 10.7. The Bertz CT molecular complexity index is 2530. The number of ether oxygens (including phenoxy) is 1. The van der Waals surface area contributed by atoms with Gasteiger partial charge in [-0.25, -0.2) is 18.7 Å². The standard InChI is InChI=1S/C37H33ClF5N9O5/c1-18-31(54)29(45-17-44-18)34(56)50-12-8-36(9-13-50)26-30(19(2)57-36)51(16-25(53)46-24-7-5-21(14-23(24)39)37(41,42)43)35-47-32(48-52(35)33(26)55)22-6-4-20(27(38)28(22)40)15-49-10-3-11-49/h4-7,14,17,19,54H,3,8-13,15-16H2,1-2H3,(H,46,53). The highest BCUT2D eigenvalue weighted by Gasteiger charge is 2.51. The molecule has 1 unspecified atom stereocenters. The van der Waals surface area contributed by atoms with Gasteiger partial charge in [0.1, 0.15) is 24.3 Å². The van der Waals surface area contributed by atoms with Crippen LogP contribution in [0.3, 0.4) is 0 Å². The van der Waals surface area contributed by atoms with Gasteiger partial charge in [-0.1, -0.05) is 17.7 Å². The fourth-order valence-electron chi connectivity index (χ4n) is 7.65. The van der Waals surface area contributed by atoms with Crippen LogP contribution in [0.1, 0.15) is 70.9 Å². The molecule has 2 saturated heterocycles.